The van der Waals surface area contributed by atoms with E-state index in [1.165, 1.54) is 0 Å². The minimum atomic E-state index is -0.660. The van der Waals surface area contributed by atoms with Crippen LogP contribution in [0.5, 0.6) is 5.88 Å². The van der Waals surface area contributed by atoms with Gasteiger partial charge in [-0.15, -0.1) is 0 Å². The van der Waals surface area contributed by atoms with Gasteiger partial charge in [-0.2, -0.15) is 0 Å². The number of carbonyl (C=O) groups is 1. The van der Waals surface area contributed by atoms with E-state index in [9.17, 15) is 9.90 Å². The summed E-state index contributed by atoms with van der Waals surface area (Å²) in [4.78, 5) is 18.1. The van der Waals surface area contributed by atoms with E-state index in [0.717, 1.165) is 37.8 Å². The molecule has 1 unspecified atom stereocenters. The van der Waals surface area contributed by atoms with E-state index in [-0.39, 0.29) is 0 Å². The Balaban J connectivity index is 2.12. The van der Waals surface area contributed by atoms with Gasteiger partial charge in [0.2, 0.25) is 5.88 Å². The summed E-state index contributed by atoms with van der Waals surface area (Å²) < 4.78 is 5.28. The van der Waals surface area contributed by atoms with Crippen LogP contribution in [-0.2, 0) is 11.3 Å². The first-order chi connectivity index (χ1) is 10.1. The van der Waals surface area contributed by atoms with Gasteiger partial charge in [-0.3, -0.25) is 9.69 Å². The molecule has 21 heavy (non-hydrogen) atoms. The van der Waals surface area contributed by atoms with Crippen molar-refractivity contribution in [3.05, 3.63) is 23.9 Å². The summed E-state index contributed by atoms with van der Waals surface area (Å²) in [5.74, 6) is -0.0355. The molecule has 5 heteroatoms. The first-order valence-corrected chi connectivity index (χ1v) is 7.55. The fourth-order valence-corrected chi connectivity index (χ4v) is 3.30. The highest BCUT2D eigenvalue weighted by atomic mass is 16.5. The zero-order valence-corrected chi connectivity index (χ0v) is 12.8. The van der Waals surface area contributed by atoms with Crippen molar-refractivity contribution in [1.29, 1.82) is 0 Å². The molecule has 0 spiro atoms. The minimum absolute atomic E-state index is 0.595. The Morgan fingerprint density at radius 2 is 2.38 bits per heavy atom. The molecule has 1 aliphatic heterocycles. The molecule has 1 aromatic rings. The second kappa shape index (κ2) is 6.89. The molecule has 2 rings (SSSR count). The smallest absolute Gasteiger partial charge is 0.310 e. The highest BCUT2D eigenvalue weighted by Crippen LogP contribution is 2.36. The number of methoxy groups -OCH3 is 1. The van der Waals surface area contributed by atoms with Gasteiger partial charge < -0.3 is 9.84 Å². The van der Waals surface area contributed by atoms with Crippen molar-refractivity contribution in [1.82, 2.24) is 9.88 Å². The van der Waals surface area contributed by atoms with Gasteiger partial charge in [0.05, 0.1) is 12.5 Å². The molecule has 5 nitrogen and oxygen atoms in total. The molecule has 1 aliphatic rings. The van der Waals surface area contributed by atoms with E-state index < -0.39 is 11.4 Å². The molecule has 116 valence electrons. The van der Waals surface area contributed by atoms with E-state index in [1.807, 2.05) is 19.1 Å². The SMILES string of the molecule is CCCC1(C(=O)O)CCCN(Cc2cccnc2OC)C1. The number of nitrogens with zero attached hydrogens (tertiary/aromatic N) is 2. The van der Waals surface area contributed by atoms with Crippen LogP contribution in [0.1, 0.15) is 38.2 Å². The molecule has 2 heterocycles. The molecule has 0 radical (unpaired) electrons. The summed E-state index contributed by atoms with van der Waals surface area (Å²) in [5.41, 5.74) is 0.417. The molecule has 1 fully saturated rings. The van der Waals surface area contributed by atoms with Crippen LogP contribution in [-0.4, -0.2) is 41.2 Å². The Labute approximate surface area is 125 Å². The number of hydrogen-bond acceptors (Lipinski definition) is 4. The molecule has 1 saturated heterocycles. The monoisotopic (exact) mass is 292 g/mol. The Bertz CT molecular complexity index is 488. The van der Waals surface area contributed by atoms with Crippen LogP contribution in [0.15, 0.2) is 18.3 Å². The maximum absolute atomic E-state index is 11.7. The lowest BCUT2D eigenvalue weighted by Crippen LogP contribution is -2.47. The van der Waals surface area contributed by atoms with Gasteiger partial charge in [-0.1, -0.05) is 19.4 Å². The fourth-order valence-electron chi connectivity index (χ4n) is 3.30. The average molecular weight is 292 g/mol. The summed E-state index contributed by atoms with van der Waals surface area (Å²) in [6.07, 6.45) is 5.04. The summed E-state index contributed by atoms with van der Waals surface area (Å²) in [7, 11) is 1.61. The Hall–Kier alpha value is -1.62. The van der Waals surface area contributed by atoms with E-state index in [0.29, 0.717) is 19.0 Å². The van der Waals surface area contributed by atoms with E-state index >= 15 is 0 Å². The molecular weight excluding hydrogens is 268 g/mol. The predicted molar refractivity (Wildman–Crippen MR) is 80.3 cm³/mol. The van der Waals surface area contributed by atoms with Crippen LogP contribution < -0.4 is 4.74 Å². The molecule has 1 aromatic heterocycles. The van der Waals surface area contributed by atoms with Gasteiger partial charge >= 0.3 is 5.97 Å². The lowest BCUT2D eigenvalue weighted by molar-refractivity contribution is -0.153. The third-order valence-electron chi connectivity index (χ3n) is 4.28. The number of likely N-dealkylation sites (tertiary alicyclic amines) is 1. The van der Waals surface area contributed by atoms with Gasteiger partial charge in [0, 0.05) is 24.8 Å². The van der Waals surface area contributed by atoms with Crippen LogP contribution >= 0.6 is 0 Å². The van der Waals surface area contributed by atoms with Gasteiger partial charge in [0.25, 0.3) is 0 Å². The van der Waals surface area contributed by atoms with Gasteiger partial charge in [0.1, 0.15) is 0 Å². The van der Waals surface area contributed by atoms with Crippen molar-refractivity contribution in [2.45, 2.75) is 39.2 Å². The molecule has 0 saturated carbocycles. The molecule has 0 aromatic carbocycles. The number of hydrogen-bond donors (Lipinski definition) is 1. The number of aliphatic carboxylic acids is 1. The maximum Gasteiger partial charge on any atom is 0.310 e. The molecule has 0 amide bonds. The van der Waals surface area contributed by atoms with Crippen molar-refractivity contribution < 1.29 is 14.6 Å². The van der Waals surface area contributed by atoms with Gasteiger partial charge in [-0.25, -0.2) is 4.98 Å². The largest absolute Gasteiger partial charge is 0.481 e. The summed E-state index contributed by atoms with van der Waals surface area (Å²) in [6.45, 7) is 4.27. The zero-order chi connectivity index (χ0) is 15.3. The fraction of sp³-hybridized carbons (Fsp3) is 0.625. The average Bonchev–Trinajstić information content (AvgIpc) is 2.48. The molecule has 1 atom stereocenters. The predicted octanol–water partition coefficient (Wildman–Crippen LogP) is 2.56. The van der Waals surface area contributed by atoms with Crippen molar-refractivity contribution in [2.24, 2.45) is 5.41 Å². The molecule has 0 aliphatic carbocycles. The molecular formula is C16H24N2O3. The second-order valence-corrected chi connectivity index (χ2v) is 5.82. The molecule has 0 bridgehead atoms. The Kier molecular flexibility index (Phi) is 5.17. The van der Waals surface area contributed by atoms with Gasteiger partial charge in [0.15, 0.2) is 0 Å². The Morgan fingerprint density at radius 1 is 1.57 bits per heavy atom. The topological polar surface area (TPSA) is 62.7 Å². The highest BCUT2D eigenvalue weighted by Gasteiger charge is 2.41. The van der Waals surface area contributed by atoms with Crippen LogP contribution in [0, 0.1) is 5.41 Å². The number of piperidine rings is 1. The maximum atomic E-state index is 11.7. The Morgan fingerprint density at radius 3 is 3.05 bits per heavy atom. The lowest BCUT2D eigenvalue weighted by atomic mass is 9.76. The van der Waals surface area contributed by atoms with E-state index in [4.69, 9.17) is 4.74 Å². The third-order valence-corrected chi connectivity index (χ3v) is 4.28. The van der Waals surface area contributed by atoms with Crippen molar-refractivity contribution in [3.63, 3.8) is 0 Å². The second-order valence-electron chi connectivity index (χ2n) is 5.82. The van der Waals surface area contributed by atoms with Crippen molar-refractivity contribution in [3.8, 4) is 5.88 Å². The van der Waals surface area contributed by atoms with Crippen LogP contribution in [0.25, 0.3) is 0 Å². The quantitative estimate of drug-likeness (QED) is 0.873. The number of aromatic nitrogens is 1. The zero-order valence-electron chi connectivity index (χ0n) is 12.8. The standard InChI is InChI=1S/C16H24N2O3/c1-3-7-16(15(19)20)8-5-10-18(12-16)11-13-6-4-9-17-14(13)21-2/h4,6,9H,3,5,7-8,10-12H2,1-2H3,(H,19,20). The summed E-state index contributed by atoms with van der Waals surface area (Å²) >= 11 is 0. The van der Waals surface area contributed by atoms with Gasteiger partial charge in [-0.05, 0) is 31.9 Å². The first kappa shape index (κ1) is 15.8. The number of rotatable bonds is 6. The van der Waals surface area contributed by atoms with Crippen LogP contribution in [0.2, 0.25) is 0 Å². The number of ether oxygens (including phenoxy) is 1. The van der Waals surface area contributed by atoms with Crippen LogP contribution in [0.4, 0.5) is 0 Å². The number of pyridine rings is 1. The summed E-state index contributed by atoms with van der Waals surface area (Å²) in [5, 5.41) is 9.64. The van der Waals surface area contributed by atoms with Crippen LogP contribution in [0.3, 0.4) is 0 Å². The molecule has 1 N–H and O–H groups in total. The third kappa shape index (κ3) is 3.53. The van der Waals surface area contributed by atoms with E-state index in [2.05, 4.69) is 9.88 Å². The summed E-state index contributed by atoms with van der Waals surface area (Å²) in [6, 6.07) is 3.88. The normalized spacial score (nSPS) is 23.0. The first-order valence-electron chi connectivity index (χ1n) is 7.55. The minimum Gasteiger partial charge on any atom is -0.481 e. The lowest BCUT2D eigenvalue weighted by Gasteiger charge is -2.40. The highest BCUT2D eigenvalue weighted by molar-refractivity contribution is 5.75. The van der Waals surface area contributed by atoms with Crippen molar-refractivity contribution >= 4 is 5.97 Å². The number of carboxylic acids is 1. The van der Waals surface area contributed by atoms with E-state index in [1.54, 1.807) is 13.3 Å². The van der Waals surface area contributed by atoms with Crippen molar-refractivity contribution in [2.75, 3.05) is 20.2 Å². The number of carboxylic acid groups (broad SMARTS) is 1.